The van der Waals surface area contributed by atoms with Gasteiger partial charge in [-0.25, -0.2) is 0 Å². The zero-order valence-electron chi connectivity index (χ0n) is 13.3. The predicted octanol–water partition coefficient (Wildman–Crippen LogP) is 2.57. The summed E-state index contributed by atoms with van der Waals surface area (Å²) in [4.78, 5) is 26.1. The third kappa shape index (κ3) is 3.84. The molecule has 0 radical (unpaired) electrons. The van der Waals surface area contributed by atoms with Gasteiger partial charge in [0.05, 0.1) is 0 Å². The molecule has 0 aliphatic carbocycles. The Hall–Kier alpha value is -1.84. The molecular weight excluding hydrogens is 264 g/mol. The second-order valence-electron chi connectivity index (χ2n) is 6.34. The van der Waals surface area contributed by atoms with Crippen LogP contribution in [0.25, 0.3) is 0 Å². The van der Waals surface area contributed by atoms with E-state index in [1.807, 2.05) is 39.8 Å². The van der Waals surface area contributed by atoms with Crippen molar-refractivity contribution < 1.29 is 9.59 Å². The summed E-state index contributed by atoms with van der Waals surface area (Å²) in [5, 5.41) is 2.86. The fraction of sp³-hybridized carbons (Fsp3) is 0.529. The van der Waals surface area contributed by atoms with Crippen LogP contribution in [0.1, 0.15) is 37.8 Å². The van der Waals surface area contributed by atoms with Crippen LogP contribution in [0.5, 0.6) is 0 Å². The lowest BCUT2D eigenvalue weighted by molar-refractivity contribution is -0.126. The number of hydrogen-bond donors (Lipinski definition) is 1. The molecule has 1 N–H and O–H groups in total. The highest BCUT2D eigenvalue weighted by atomic mass is 16.2. The van der Waals surface area contributed by atoms with E-state index < -0.39 is 0 Å². The normalized spacial score (nSPS) is 18.4. The Morgan fingerprint density at radius 1 is 1.29 bits per heavy atom. The molecule has 1 aliphatic rings. The van der Waals surface area contributed by atoms with E-state index in [2.05, 4.69) is 11.4 Å². The number of anilines is 1. The molecule has 2 rings (SSSR count). The maximum Gasteiger partial charge on any atom is 0.249 e. The van der Waals surface area contributed by atoms with E-state index in [9.17, 15) is 9.59 Å². The van der Waals surface area contributed by atoms with E-state index in [4.69, 9.17) is 0 Å². The van der Waals surface area contributed by atoms with E-state index in [1.165, 1.54) is 0 Å². The number of carbonyl (C=O) groups is 2. The molecule has 0 bridgehead atoms. The number of hydrogen-bond acceptors (Lipinski definition) is 2. The molecule has 0 aromatic heterocycles. The molecule has 0 saturated carbocycles. The van der Waals surface area contributed by atoms with E-state index in [1.54, 1.807) is 4.90 Å². The van der Waals surface area contributed by atoms with Crippen molar-refractivity contribution in [2.75, 3.05) is 11.4 Å². The number of nitrogens with one attached hydrogen (secondary N) is 1. The molecule has 1 aromatic carbocycles. The number of nitrogens with zero attached hydrogens (tertiary/aromatic N) is 1. The number of carbonyl (C=O) groups excluding carboxylic acids is 2. The van der Waals surface area contributed by atoms with Crippen LogP contribution in [0, 0.1) is 19.8 Å². The molecule has 21 heavy (non-hydrogen) atoms. The van der Waals surface area contributed by atoms with Gasteiger partial charge in [0, 0.05) is 18.7 Å². The maximum absolute atomic E-state index is 12.5. The Morgan fingerprint density at radius 3 is 2.48 bits per heavy atom. The van der Waals surface area contributed by atoms with Gasteiger partial charge >= 0.3 is 0 Å². The summed E-state index contributed by atoms with van der Waals surface area (Å²) in [6.45, 7) is 8.71. The second-order valence-corrected chi connectivity index (χ2v) is 6.34. The lowest BCUT2D eigenvalue weighted by atomic mass is 10.1. The zero-order chi connectivity index (χ0) is 15.6. The highest BCUT2D eigenvalue weighted by molar-refractivity contribution is 6.01. The van der Waals surface area contributed by atoms with Crippen molar-refractivity contribution in [1.82, 2.24) is 5.32 Å². The summed E-state index contributed by atoms with van der Waals surface area (Å²) in [5.74, 6) is 0.264. The second kappa shape index (κ2) is 6.29. The minimum absolute atomic E-state index is 0.00268. The summed E-state index contributed by atoms with van der Waals surface area (Å²) in [6.07, 6.45) is 1.14. The van der Waals surface area contributed by atoms with Crippen molar-refractivity contribution >= 4 is 17.5 Å². The number of benzene rings is 1. The summed E-state index contributed by atoms with van der Waals surface area (Å²) in [5.41, 5.74) is 3.22. The molecule has 0 spiro atoms. The first-order valence-electron chi connectivity index (χ1n) is 7.56. The first-order valence-corrected chi connectivity index (χ1v) is 7.56. The smallest absolute Gasteiger partial charge is 0.249 e. The van der Waals surface area contributed by atoms with Gasteiger partial charge in [-0.15, -0.1) is 0 Å². The number of rotatable bonds is 4. The third-order valence-corrected chi connectivity index (χ3v) is 3.65. The van der Waals surface area contributed by atoms with Crippen LogP contribution in [-0.4, -0.2) is 24.4 Å². The number of aryl methyl sites for hydroxylation is 2. The summed E-state index contributed by atoms with van der Waals surface area (Å²) >= 11 is 0. The molecule has 1 unspecified atom stereocenters. The first kappa shape index (κ1) is 15.5. The molecule has 1 fully saturated rings. The van der Waals surface area contributed by atoms with E-state index in [0.29, 0.717) is 25.3 Å². The van der Waals surface area contributed by atoms with Crippen molar-refractivity contribution in [3.8, 4) is 0 Å². The Bertz CT molecular complexity index is 531. The van der Waals surface area contributed by atoms with Crippen LogP contribution < -0.4 is 10.2 Å². The van der Waals surface area contributed by atoms with Crippen molar-refractivity contribution in [1.29, 1.82) is 0 Å². The van der Waals surface area contributed by atoms with Gasteiger partial charge in [0.15, 0.2) is 0 Å². The minimum Gasteiger partial charge on any atom is -0.344 e. The van der Waals surface area contributed by atoms with Gasteiger partial charge in [-0.3, -0.25) is 9.59 Å². The Labute approximate surface area is 126 Å². The summed E-state index contributed by atoms with van der Waals surface area (Å²) in [7, 11) is 0. The molecule has 2 amide bonds. The van der Waals surface area contributed by atoms with Crippen LogP contribution in [0.4, 0.5) is 5.69 Å². The zero-order valence-corrected chi connectivity index (χ0v) is 13.3. The van der Waals surface area contributed by atoms with Gasteiger partial charge < -0.3 is 10.2 Å². The largest absolute Gasteiger partial charge is 0.344 e. The molecule has 1 atom stereocenters. The average Bonchev–Trinajstić information content (AvgIpc) is 2.68. The first-order chi connectivity index (χ1) is 9.86. The molecular formula is C17H24N2O2. The predicted molar refractivity (Wildman–Crippen MR) is 84.3 cm³/mol. The van der Waals surface area contributed by atoms with Gasteiger partial charge in [0.1, 0.15) is 6.04 Å². The molecule has 1 heterocycles. The fourth-order valence-corrected chi connectivity index (χ4v) is 2.80. The van der Waals surface area contributed by atoms with Gasteiger partial charge in [-0.1, -0.05) is 19.9 Å². The van der Waals surface area contributed by atoms with Crippen LogP contribution in [0.15, 0.2) is 18.2 Å². The van der Waals surface area contributed by atoms with Crippen LogP contribution in [0.3, 0.4) is 0 Å². The summed E-state index contributed by atoms with van der Waals surface area (Å²) in [6, 6.07) is 5.75. The van der Waals surface area contributed by atoms with Crippen molar-refractivity contribution in [3.05, 3.63) is 29.3 Å². The van der Waals surface area contributed by atoms with Gasteiger partial charge in [0.2, 0.25) is 11.8 Å². The molecule has 1 aromatic rings. The molecule has 1 aliphatic heterocycles. The van der Waals surface area contributed by atoms with Crippen molar-refractivity contribution in [2.45, 2.75) is 46.6 Å². The highest BCUT2D eigenvalue weighted by Crippen LogP contribution is 2.24. The van der Waals surface area contributed by atoms with E-state index >= 15 is 0 Å². The van der Waals surface area contributed by atoms with E-state index in [-0.39, 0.29) is 17.9 Å². The third-order valence-electron chi connectivity index (χ3n) is 3.65. The molecule has 1 saturated heterocycles. The molecule has 4 heteroatoms. The Balaban J connectivity index is 2.06. The summed E-state index contributed by atoms with van der Waals surface area (Å²) < 4.78 is 0. The van der Waals surface area contributed by atoms with Crippen LogP contribution in [0.2, 0.25) is 0 Å². The highest BCUT2D eigenvalue weighted by Gasteiger charge is 2.33. The lowest BCUT2D eigenvalue weighted by Crippen LogP contribution is -2.41. The SMILES string of the molecule is Cc1cc(C)cc(N2CCC(NC(=O)CC(C)C)C2=O)c1. The molecule has 4 nitrogen and oxygen atoms in total. The maximum atomic E-state index is 12.5. The van der Waals surface area contributed by atoms with Crippen LogP contribution in [-0.2, 0) is 9.59 Å². The Morgan fingerprint density at radius 2 is 1.90 bits per heavy atom. The minimum atomic E-state index is -0.378. The lowest BCUT2D eigenvalue weighted by Gasteiger charge is -2.18. The van der Waals surface area contributed by atoms with Crippen molar-refractivity contribution in [2.24, 2.45) is 5.92 Å². The van der Waals surface area contributed by atoms with Gasteiger partial charge in [-0.2, -0.15) is 0 Å². The Kier molecular flexibility index (Phi) is 4.66. The monoisotopic (exact) mass is 288 g/mol. The van der Waals surface area contributed by atoms with Gasteiger partial charge in [-0.05, 0) is 49.4 Å². The fourth-order valence-electron chi connectivity index (χ4n) is 2.80. The van der Waals surface area contributed by atoms with Gasteiger partial charge in [0.25, 0.3) is 0 Å². The van der Waals surface area contributed by atoms with Crippen LogP contribution >= 0.6 is 0 Å². The molecule has 114 valence electrons. The standard InChI is InChI=1S/C17H24N2O2/c1-11(2)7-16(20)18-15-5-6-19(17(15)21)14-9-12(3)8-13(4)10-14/h8-11,15H,5-7H2,1-4H3,(H,18,20). The topological polar surface area (TPSA) is 49.4 Å². The average molecular weight is 288 g/mol. The number of amides is 2. The quantitative estimate of drug-likeness (QED) is 0.925. The van der Waals surface area contributed by atoms with E-state index in [0.717, 1.165) is 16.8 Å². The van der Waals surface area contributed by atoms with Crippen molar-refractivity contribution in [3.63, 3.8) is 0 Å².